The van der Waals surface area contributed by atoms with Gasteiger partial charge in [-0.3, -0.25) is 30.0 Å². The SMILES string of the molecule is CC1(C)OB(c2ccc(F)c([N+](=O)[O-])c2)OC1(C)C.C[C@H]1CN(CCCCCCN)[C@H](CO[Si](C)(C)C(C)(C)C)[C@@H](O[Si](C)(C)C(C)(C)C)[C@@H]1O[Si](C)(C)C(C)(C)C.C[C@H]1CN(CCCCCCNc2ccc(B3OC(C)(C)C(C)(C)O3)cc2[N+](=O)[O-])[C@H](CO[Si](C)(C)C(C)(C)C)[C@@H](O[Si](C)(C)C(C)(C)C)[C@@H]1O[Si](C)(C)C(C)(C)C. The Balaban J connectivity index is 0.000000410. The van der Waals surface area contributed by atoms with Crippen LogP contribution in [-0.4, -0.2) is 195 Å². The molecule has 0 saturated carbocycles. The number of likely N-dealkylation sites (tertiary alicyclic amines) is 2. The van der Waals surface area contributed by atoms with Crippen LogP contribution in [0.3, 0.4) is 0 Å². The third kappa shape index (κ3) is 27.7. The largest absolute Gasteiger partial charge is 0.495 e. The van der Waals surface area contributed by atoms with Crippen LogP contribution in [0.2, 0.25) is 109 Å². The highest BCUT2D eigenvalue weighted by molar-refractivity contribution is 6.76. The van der Waals surface area contributed by atoms with Crippen LogP contribution < -0.4 is 22.0 Å². The first-order chi connectivity index (χ1) is 51.7. The molecule has 2 aromatic carbocycles. The number of unbranched alkanes of at least 4 members (excludes halogenated alkanes) is 6. The highest BCUT2D eigenvalue weighted by Gasteiger charge is 2.57. The van der Waals surface area contributed by atoms with Gasteiger partial charge in [-0.2, -0.15) is 4.39 Å². The summed E-state index contributed by atoms with van der Waals surface area (Å²) in [7, 11) is -13.7. The van der Waals surface area contributed by atoms with Gasteiger partial charge in [-0.15, -0.1) is 0 Å². The van der Waals surface area contributed by atoms with Gasteiger partial charge in [0.2, 0.25) is 0 Å². The monoisotopic (exact) mass is 1720 g/mol. The maximum atomic E-state index is 13.3. The van der Waals surface area contributed by atoms with Gasteiger partial charge < -0.3 is 56.2 Å². The van der Waals surface area contributed by atoms with Crippen molar-refractivity contribution in [1.29, 1.82) is 0 Å². The minimum atomic E-state index is -2.18. The molecule has 115 heavy (non-hydrogen) atoms. The lowest BCUT2D eigenvalue weighted by Gasteiger charge is -2.54. The maximum absolute atomic E-state index is 13.3. The van der Waals surface area contributed by atoms with Gasteiger partial charge in [-0.1, -0.05) is 176 Å². The molecule has 0 unspecified atom stereocenters. The van der Waals surface area contributed by atoms with Crippen molar-refractivity contribution in [3.63, 3.8) is 0 Å². The van der Waals surface area contributed by atoms with Gasteiger partial charge in [0.15, 0.2) is 55.7 Å². The topological polar surface area (TPSA) is 223 Å². The molecular formula is C86H169B2FN6O14Si6. The third-order valence-corrected chi connectivity index (χ3v) is 55.7. The van der Waals surface area contributed by atoms with Crippen molar-refractivity contribution in [2.24, 2.45) is 17.6 Å². The van der Waals surface area contributed by atoms with Crippen molar-refractivity contribution in [1.82, 2.24) is 9.80 Å². The fraction of sp³-hybridized carbons (Fsp3) is 0.860. The van der Waals surface area contributed by atoms with Crippen LogP contribution in [-0.2, 0) is 45.2 Å². The second-order valence-electron chi connectivity index (χ2n) is 45.3. The summed E-state index contributed by atoms with van der Waals surface area (Å²) in [6.45, 7) is 97.7. The van der Waals surface area contributed by atoms with E-state index < -0.39 is 103 Å². The van der Waals surface area contributed by atoms with Crippen LogP contribution in [0.1, 0.15) is 245 Å². The molecule has 664 valence electrons. The second kappa shape index (κ2) is 39.4. The summed E-state index contributed by atoms with van der Waals surface area (Å²) in [5.41, 5.74) is 4.73. The van der Waals surface area contributed by atoms with Crippen molar-refractivity contribution in [3.05, 3.63) is 62.4 Å². The van der Waals surface area contributed by atoms with E-state index in [0.717, 1.165) is 83.6 Å². The lowest BCUT2D eigenvalue weighted by atomic mass is 9.79. The molecule has 0 radical (unpaired) electrons. The fourth-order valence-electron chi connectivity index (χ4n) is 13.0. The molecule has 8 atom stereocenters. The second-order valence-corrected chi connectivity index (χ2v) is 74.0. The third-order valence-electron chi connectivity index (χ3n) is 28.8. The number of halogens is 1. The molecule has 0 bridgehead atoms. The Morgan fingerprint density at radius 1 is 0.452 bits per heavy atom. The molecule has 4 saturated heterocycles. The Morgan fingerprint density at radius 2 is 0.739 bits per heavy atom. The normalized spacial score (nSPS) is 23.7. The number of anilines is 1. The minimum Gasteiger partial charge on any atom is -0.415 e. The first-order valence-electron chi connectivity index (χ1n) is 43.5. The number of piperidine rings is 2. The highest BCUT2D eigenvalue weighted by Crippen LogP contribution is 2.49. The number of benzene rings is 2. The smallest absolute Gasteiger partial charge is 0.415 e. The Bertz CT molecular complexity index is 3410. The molecule has 29 heteroatoms. The zero-order valence-electron chi connectivity index (χ0n) is 80.5. The van der Waals surface area contributed by atoms with E-state index in [0.29, 0.717) is 41.6 Å². The molecular weight excluding hydrogens is 1550 g/mol. The summed E-state index contributed by atoms with van der Waals surface area (Å²) in [5.74, 6) is -0.151. The van der Waals surface area contributed by atoms with Crippen LogP contribution in [0.4, 0.5) is 21.5 Å². The van der Waals surface area contributed by atoms with E-state index in [1.165, 1.54) is 25.3 Å². The molecule has 6 rings (SSSR count). The average molecular weight is 1720 g/mol. The first-order valence-corrected chi connectivity index (χ1v) is 61.0. The summed E-state index contributed by atoms with van der Waals surface area (Å²) in [6.07, 6.45) is 8.87. The molecule has 4 heterocycles. The number of hydrogen-bond donors (Lipinski definition) is 2. The molecule has 0 aromatic heterocycles. The number of nitrogens with one attached hydrogen (secondary N) is 1. The van der Waals surface area contributed by atoms with Crippen molar-refractivity contribution >= 4 is 92.1 Å². The number of rotatable bonds is 32. The Hall–Kier alpha value is -2.12. The lowest BCUT2D eigenvalue weighted by Crippen LogP contribution is -2.66. The number of nitrogens with two attached hydrogens (primary N) is 1. The van der Waals surface area contributed by atoms with Crippen molar-refractivity contribution in [2.75, 3.05) is 57.8 Å². The van der Waals surface area contributed by atoms with Crippen LogP contribution >= 0.6 is 0 Å². The van der Waals surface area contributed by atoms with E-state index in [-0.39, 0.29) is 77.3 Å². The summed E-state index contributed by atoms with van der Waals surface area (Å²) >= 11 is 0. The molecule has 0 spiro atoms. The zero-order valence-corrected chi connectivity index (χ0v) is 86.5. The highest BCUT2D eigenvalue weighted by atomic mass is 28.4. The van der Waals surface area contributed by atoms with Gasteiger partial charge >= 0.3 is 19.9 Å². The molecule has 3 N–H and O–H groups in total. The Morgan fingerprint density at radius 3 is 1.04 bits per heavy atom. The van der Waals surface area contributed by atoms with Gasteiger partial charge in [0.05, 0.1) is 82.0 Å². The van der Waals surface area contributed by atoms with E-state index in [1.807, 2.05) is 61.5 Å². The summed E-state index contributed by atoms with van der Waals surface area (Å²) < 4.78 is 80.8. The molecule has 2 aromatic rings. The first kappa shape index (κ1) is 105. The van der Waals surface area contributed by atoms with E-state index in [2.05, 4.69) is 232 Å². The van der Waals surface area contributed by atoms with E-state index in [1.54, 1.807) is 12.1 Å². The van der Waals surface area contributed by atoms with Gasteiger partial charge in [0, 0.05) is 31.8 Å². The Labute approximate surface area is 707 Å². The summed E-state index contributed by atoms with van der Waals surface area (Å²) in [5, 5.41) is 26.9. The van der Waals surface area contributed by atoms with Crippen molar-refractivity contribution in [2.45, 2.75) is 413 Å². The standard InChI is InChI=1S/C43H84BN3O7Si3.C31H70N2O3Si3.C12H15BFNO4/c1-32-30-46(28-24-22-21-23-27-45-34-26-25-33(29-35(34)47(48)49)44-53-42(11,12)43(13,14)54-44)36(31-50-55(15,16)39(2,3)4)38(52-57(19,20)41(8,9)10)37(32)51-56(17,18)40(5,6)7;1-25-23-33(22-20-18-17-19-21-32)26(24-34-37(11,12)29(2,3)4)28(36-39(15,16)31(8,9)10)27(25)35-38(13,14)30(5,6)7;1-11(2)12(3,4)19-13(18-11)8-5-6-9(14)10(7-8)15(16)17/h25-26,29,32,36-38,45H,21-24,27-28,30-31H2,1-20H3;25-28H,17-24,32H2,1-16H3;5-7H,1-4H3/t32-,36+,37+,38+;25-,26+,27+,28+;/m00./s1. The minimum absolute atomic E-state index is 0.00499. The van der Waals surface area contributed by atoms with Crippen LogP contribution in [0.5, 0.6) is 0 Å². The summed E-state index contributed by atoms with van der Waals surface area (Å²) in [4.78, 5) is 27.1. The van der Waals surface area contributed by atoms with Gasteiger partial charge in [0.1, 0.15) is 5.69 Å². The summed E-state index contributed by atoms with van der Waals surface area (Å²) in [6, 6.07) is 9.17. The van der Waals surface area contributed by atoms with Crippen molar-refractivity contribution < 1.29 is 59.4 Å². The molecule has 4 fully saturated rings. The number of nitro benzene ring substituents is 2. The van der Waals surface area contributed by atoms with Crippen LogP contribution in [0.25, 0.3) is 0 Å². The molecule has 20 nitrogen and oxygen atoms in total. The quantitative estimate of drug-likeness (QED) is 0.0301. The average Bonchev–Trinajstić information content (AvgIpc) is 1.06. The fourth-order valence-corrected chi connectivity index (χ4v) is 20.5. The predicted molar refractivity (Wildman–Crippen MR) is 496 cm³/mol. The Kier molecular flexibility index (Phi) is 36.0. The van der Waals surface area contributed by atoms with E-state index in [4.69, 9.17) is 50.9 Å². The van der Waals surface area contributed by atoms with E-state index in [9.17, 15) is 24.6 Å². The zero-order chi connectivity index (χ0) is 88.9. The number of nitrogens with zero attached hydrogens (tertiary/aromatic N) is 4. The van der Waals surface area contributed by atoms with Crippen LogP contribution in [0, 0.1) is 37.9 Å². The van der Waals surface area contributed by atoms with Gasteiger partial charge in [-0.05, 0) is 244 Å². The predicted octanol–water partition coefficient (Wildman–Crippen LogP) is 21.7. The van der Waals surface area contributed by atoms with Crippen molar-refractivity contribution in [3.8, 4) is 0 Å². The molecule has 0 amide bonds. The van der Waals surface area contributed by atoms with Crippen LogP contribution in [0.15, 0.2) is 36.4 Å². The van der Waals surface area contributed by atoms with Gasteiger partial charge in [0.25, 0.3) is 5.69 Å². The molecule has 0 aliphatic carbocycles. The maximum Gasteiger partial charge on any atom is 0.495 e. The lowest BCUT2D eigenvalue weighted by molar-refractivity contribution is -0.387. The van der Waals surface area contributed by atoms with Gasteiger partial charge in [-0.25, -0.2) is 0 Å². The molecule has 4 aliphatic heterocycles. The molecule has 4 aliphatic rings. The van der Waals surface area contributed by atoms with E-state index >= 15 is 0 Å². The number of nitro groups is 2. The number of hydrogen-bond acceptors (Lipinski definition) is 18.